The molecule has 0 aromatic heterocycles. The highest BCUT2D eigenvalue weighted by Crippen LogP contribution is 2.08. The molecular weight excluding hydrogens is 188 g/mol. The first-order chi connectivity index (χ1) is 6.83. The first kappa shape index (κ1) is 11.4. The lowest BCUT2D eigenvalue weighted by Crippen LogP contribution is -2.29. The molecule has 0 aromatic carbocycles. The lowest BCUT2D eigenvalue weighted by atomic mass is 10.2. The number of carbonyl (C=O) groups excluding carboxylic acids is 1. The van der Waals surface area contributed by atoms with Gasteiger partial charge in [0.1, 0.15) is 0 Å². The van der Waals surface area contributed by atoms with E-state index in [4.69, 9.17) is 19.3 Å². The third-order valence-corrected chi connectivity index (χ3v) is 1.81. The maximum Gasteiger partial charge on any atom is 0.318 e. The Morgan fingerprint density at radius 1 is 1.36 bits per heavy atom. The molecule has 82 valence electrons. The average Bonchev–Trinajstić information content (AvgIpc) is 2.20. The van der Waals surface area contributed by atoms with Crippen molar-refractivity contribution in [2.45, 2.75) is 32.2 Å². The quantitative estimate of drug-likeness (QED) is 0.519. The van der Waals surface area contributed by atoms with Crippen molar-refractivity contribution in [1.29, 1.82) is 0 Å². The minimum absolute atomic E-state index is 0.101. The van der Waals surface area contributed by atoms with Crippen molar-refractivity contribution in [3.05, 3.63) is 0 Å². The number of rotatable bonds is 5. The van der Waals surface area contributed by atoms with E-state index in [0.717, 1.165) is 6.42 Å². The molecule has 0 aliphatic carbocycles. The van der Waals surface area contributed by atoms with E-state index in [2.05, 4.69) is 0 Å². The van der Waals surface area contributed by atoms with Gasteiger partial charge in [-0.05, 0) is 19.3 Å². The molecule has 0 spiro atoms. The van der Waals surface area contributed by atoms with Crippen molar-refractivity contribution in [3.63, 3.8) is 0 Å². The number of esters is 1. The maximum absolute atomic E-state index is 11.1. The second-order valence-corrected chi connectivity index (χ2v) is 3.05. The Morgan fingerprint density at radius 2 is 2.07 bits per heavy atom. The molecule has 0 bridgehead atoms. The molecule has 0 unspecified atom stereocenters. The summed E-state index contributed by atoms with van der Waals surface area (Å²) in [5, 5.41) is 8.50. The highest BCUT2D eigenvalue weighted by Gasteiger charge is 2.18. The van der Waals surface area contributed by atoms with Crippen molar-refractivity contribution < 1.29 is 24.1 Å². The number of ether oxygens (including phenoxy) is 3. The highest BCUT2D eigenvalue weighted by atomic mass is 16.9. The second kappa shape index (κ2) is 6.75. The average molecular weight is 204 g/mol. The van der Waals surface area contributed by atoms with Crippen LogP contribution in [0.1, 0.15) is 25.7 Å². The van der Waals surface area contributed by atoms with Crippen molar-refractivity contribution in [2.75, 3.05) is 19.8 Å². The first-order valence-electron chi connectivity index (χ1n) is 4.86. The SMILES string of the molecule is O=C(CCCCO)OC1OCCCO1. The normalized spacial score (nSPS) is 18.1. The zero-order valence-corrected chi connectivity index (χ0v) is 8.11. The van der Waals surface area contributed by atoms with Crippen LogP contribution in [0, 0.1) is 0 Å². The van der Waals surface area contributed by atoms with Crippen molar-refractivity contribution in [1.82, 2.24) is 0 Å². The summed E-state index contributed by atoms with van der Waals surface area (Å²) < 4.78 is 15.0. The van der Waals surface area contributed by atoms with Crippen LogP contribution in [0.15, 0.2) is 0 Å². The van der Waals surface area contributed by atoms with Gasteiger partial charge < -0.3 is 19.3 Å². The summed E-state index contributed by atoms with van der Waals surface area (Å²) in [6.45, 7) is 0.401. The van der Waals surface area contributed by atoms with Gasteiger partial charge in [-0.2, -0.15) is 0 Å². The molecule has 1 aliphatic heterocycles. The summed E-state index contributed by atoms with van der Waals surface area (Å²) in [7, 11) is 0. The monoisotopic (exact) mass is 204 g/mol. The summed E-state index contributed by atoms with van der Waals surface area (Å²) in [5.74, 6) is -0.342. The van der Waals surface area contributed by atoms with Gasteiger partial charge in [0.25, 0.3) is 0 Å². The van der Waals surface area contributed by atoms with Crippen molar-refractivity contribution in [3.8, 4) is 0 Å². The lowest BCUT2D eigenvalue weighted by molar-refractivity contribution is -0.296. The molecule has 5 nitrogen and oxygen atoms in total. The van der Waals surface area contributed by atoms with Gasteiger partial charge in [0, 0.05) is 13.0 Å². The maximum atomic E-state index is 11.1. The molecule has 0 saturated carbocycles. The molecule has 1 rings (SSSR count). The zero-order valence-electron chi connectivity index (χ0n) is 8.11. The number of carbonyl (C=O) groups is 1. The molecule has 1 saturated heterocycles. The molecule has 0 radical (unpaired) electrons. The van der Waals surface area contributed by atoms with Crippen LogP contribution in [0.5, 0.6) is 0 Å². The van der Waals surface area contributed by atoms with E-state index in [9.17, 15) is 4.79 Å². The number of hydrogen-bond donors (Lipinski definition) is 1. The summed E-state index contributed by atoms with van der Waals surface area (Å²) >= 11 is 0. The van der Waals surface area contributed by atoms with E-state index in [-0.39, 0.29) is 12.6 Å². The number of aliphatic hydroxyl groups is 1. The Morgan fingerprint density at radius 3 is 2.71 bits per heavy atom. The summed E-state index contributed by atoms with van der Waals surface area (Å²) in [6.07, 6.45) is 2.37. The molecule has 14 heavy (non-hydrogen) atoms. The first-order valence-corrected chi connectivity index (χ1v) is 4.86. The second-order valence-electron chi connectivity index (χ2n) is 3.05. The Kier molecular flexibility index (Phi) is 5.51. The van der Waals surface area contributed by atoms with Crippen LogP contribution in [0.25, 0.3) is 0 Å². The van der Waals surface area contributed by atoms with Gasteiger partial charge in [-0.3, -0.25) is 4.79 Å². The van der Waals surface area contributed by atoms with E-state index in [1.165, 1.54) is 0 Å². The lowest BCUT2D eigenvalue weighted by Gasteiger charge is -2.22. The van der Waals surface area contributed by atoms with Crippen LogP contribution in [0.4, 0.5) is 0 Å². The number of unbranched alkanes of at least 4 members (excludes halogenated alkanes) is 1. The molecule has 5 heteroatoms. The van der Waals surface area contributed by atoms with Gasteiger partial charge >= 0.3 is 12.4 Å². The fraction of sp³-hybridized carbons (Fsp3) is 0.889. The molecule has 1 heterocycles. The third-order valence-electron chi connectivity index (χ3n) is 1.81. The van der Waals surface area contributed by atoms with E-state index in [1.807, 2.05) is 0 Å². The molecular formula is C9H16O5. The van der Waals surface area contributed by atoms with E-state index >= 15 is 0 Å². The fourth-order valence-corrected chi connectivity index (χ4v) is 1.08. The molecule has 0 amide bonds. The van der Waals surface area contributed by atoms with Gasteiger partial charge in [-0.15, -0.1) is 0 Å². The van der Waals surface area contributed by atoms with Crippen LogP contribution >= 0.6 is 0 Å². The van der Waals surface area contributed by atoms with Gasteiger partial charge in [0.15, 0.2) is 0 Å². The molecule has 1 N–H and O–H groups in total. The number of hydrogen-bond acceptors (Lipinski definition) is 5. The topological polar surface area (TPSA) is 65.0 Å². The minimum Gasteiger partial charge on any atom is -0.410 e. The standard InChI is InChI=1S/C9H16O5/c10-5-2-1-4-8(11)14-9-12-6-3-7-13-9/h9-10H,1-7H2. The Labute approximate surface area is 82.9 Å². The molecule has 1 fully saturated rings. The smallest absolute Gasteiger partial charge is 0.318 e. The minimum atomic E-state index is -0.828. The third kappa shape index (κ3) is 4.55. The predicted molar refractivity (Wildman–Crippen MR) is 47.3 cm³/mol. The van der Waals surface area contributed by atoms with E-state index in [1.54, 1.807) is 0 Å². The van der Waals surface area contributed by atoms with Crippen LogP contribution in [-0.4, -0.2) is 37.4 Å². The van der Waals surface area contributed by atoms with E-state index < -0.39 is 6.48 Å². The summed E-state index contributed by atoms with van der Waals surface area (Å²) in [6, 6.07) is 0. The van der Waals surface area contributed by atoms with Gasteiger partial charge in [-0.1, -0.05) is 0 Å². The van der Waals surface area contributed by atoms with Gasteiger partial charge in [0.2, 0.25) is 0 Å². The Balaban J connectivity index is 2.06. The summed E-state index contributed by atoms with van der Waals surface area (Å²) in [4.78, 5) is 11.1. The van der Waals surface area contributed by atoms with Crippen LogP contribution < -0.4 is 0 Å². The highest BCUT2D eigenvalue weighted by molar-refractivity contribution is 5.69. The Hall–Kier alpha value is -0.650. The van der Waals surface area contributed by atoms with Crippen molar-refractivity contribution in [2.24, 2.45) is 0 Å². The molecule has 0 atom stereocenters. The van der Waals surface area contributed by atoms with E-state index in [0.29, 0.717) is 32.5 Å². The molecule has 1 aliphatic rings. The fourth-order valence-electron chi connectivity index (χ4n) is 1.08. The van der Waals surface area contributed by atoms with Crippen LogP contribution in [-0.2, 0) is 19.0 Å². The van der Waals surface area contributed by atoms with Gasteiger partial charge in [0.05, 0.1) is 13.2 Å². The Bertz CT molecular complexity index is 165. The van der Waals surface area contributed by atoms with Gasteiger partial charge in [-0.25, -0.2) is 0 Å². The summed E-state index contributed by atoms with van der Waals surface area (Å²) in [5.41, 5.74) is 0. The largest absolute Gasteiger partial charge is 0.410 e. The van der Waals surface area contributed by atoms with Crippen LogP contribution in [0.2, 0.25) is 0 Å². The zero-order chi connectivity index (χ0) is 10.2. The number of aliphatic hydroxyl groups excluding tert-OH is 1. The van der Waals surface area contributed by atoms with Crippen molar-refractivity contribution >= 4 is 5.97 Å². The predicted octanol–water partition coefficient (Wildman–Crippen LogP) is 0.413. The van der Waals surface area contributed by atoms with Crippen LogP contribution in [0.3, 0.4) is 0 Å². The molecule has 0 aromatic rings.